The molecule has 0 radical (unpaired) electrons. The molecule has 0 aromatic heterocycles. The summed E-state index contributed by atoms with van der Waals surface area (Å²) in [7, 11) is 0. The second-order valence-electron chi connectivity index (χ2n) is 5.55. The average molecular weight is 315 g/mol. The Kier molecular flexibility index (Phi) is 3.61. The van der Waals surface area contributed by atoms with Gasteiger partial charge in [0.1, 0.15) is 0 Å². The Morgan fingerprint density at radius 3 is 1.74 bits per heavy atom. The molecule has 0 saturated heterocycles. The van der Waals surface area contributed by atoms with Crippen LogP contribution in [0.2, 0.25) is 5.02 Å². The molecule has 0 heterocycles. The highest BCUT2D eigenvalue weighted by Gasteiger charge is 2.21. The van der Waals surface area contributed by atoms with Gasteiger partial charge in [-0.25, -0.2) is 0 Å². The first-order valence-corrected chi connectivity index (χ1v) is 8.04. The highest BCUT2D eigenvalue weighted by Crippen LogP contribution is 2.43. The number of benzene rings is 3. The van der Waals surface area contributed by atoms with Gasteiger partial charge in [-0.3, -0.25) is 0 Å². The molecule has 1 aliphatic carbocycles. The van der Waals surface area contributed by atoms with Crippen molar-refractivity contribution in [1.82, 2.24) is 0 Å². The van der Waals surface area contributed by atoms with Crippen molar-refractivity contribution in [2.24, 2.45) is 0 Å². The predicted octanol–water partition coefficient (Wildman–Crippen LogP) is 6.47. The van der Waals surface area contributed by atoms with E-state index in [0.29, 0.717) is 0 Å². The van der Waals surface area contributed by atoms with E-state index in [1.54, 1.807) is 0 Å². The van der Waals surface area contributed by atoms with Crippen LogP contribution < -0.4 is 0 Å². The number of hydrogen-bond donors (Lipinski definition) is 0. The van der Waals surface area contributed by atoms with Crippen LogP contribution in [-0.4, -0.2) is 0 Å². The van der Waals surface area contributed by atoms with Crippen LogP contribution in [0.5, 0.6) is 0 Å². The van der Waals surface area contributed by atoms with Crippen LogP contribution in [0.1, 0.15) is 16.7 Å². The lowest BCUT2D eigenvalue weighted by Crippen LogP contribution is -1.79. The molecule has 4 rings (SSSR count). The summed E-state index contributed by atoms with van der Waals surface area (Å²) < 4.78 is 0. The maximum atomic E-state index is 6.21. The summed E-state index contributed by atoms with van der Waals surface area (Å²) in [5.74, 6) is 0. The van der Waals surface area contributed by atoms with Gasteiger partial charge in [0.25, 0.3) is 0 Å². The molecular weight excluding hydrogens is 300 g/mol. The van der Waals surface area contributed by atoms with Gasteiger partial charge in [0.05, 0.1) is 0 Å². The molecule has 0 fully saturated rings. The highest BCUT2D eigenvalue weighted by molar-refractivity contribution is 6.32. The molecule has 1 heteroatoms. The van der Waals surface area contributed by atoms with Crippen LogP contribution in [0.25, 0.3) is 22.8 Å². The Hall–Kier alpha value is -2.57. The lowest BCUT2D eigenvalue weighted by molar-refractivity contribution is 1.65. The second-order valence-corrected chi connectivity index (χ2v) is 5.96. The first-order chi connectivity index (χ1) is 11.3. The van der Waals surface area contributed by atoms with Crippen molar-refractivity contribution < 1.29 is 0 Å². The molecule has 3 aromatic rings. The maximum Gasteiger partial charge on any atom is 0.0478 e. The quantitative estimate of drug-likeness (QED) is 0.398. The van der Waals surface area contributed by atoms with E-state index in [-0.39, 0.29) is 0 Å². The van der Waals surface area contributed by atoms with E-state index in [0.717, 1.165) is 10.6 Å². The van der Waals surface area contributed by atoms with Gasteiger partial charge in [-0.15, -0.1) is 0 Å². The molecule has 0 bridgehead atoms. The Balaban J connectivity index is 1.78. The zero-order chi connectivity index (χ0) is 15.6. The largest absolute Gasteiger partial charge is 0.0837 e. The molecule has 1 aliphatic rings. The molecule has 3 aromatic carbocycles. The molecule has 0 atom stereocenters. The third-order valence-corrected chi connectivity index (χ3v) is 4.51. The van der Waals surface area contributed by atoms with Gasteiger partial charge >= 0.3 is 0 Å². The SMILES string of the molecule is Clc1ccccc1C=CC=C1c2ccccc2-c2ccccc21. The van der Waals surface area contributed by atoms with Gasteiger partial charge in [-0.1, -0.05) is 96.6 Å². The molecule has 0 nitrogen and oxygen atoms in total. The van der Waals surface area contributed by atoms with Gasteiger partial charge in [0.2, 0.25) is 0 Å². The monoisotopic (exact) mass is 314 g/mol. The summed E-state index contributed by atoms with van der Waals surface area (Å²) in [5, 5.41) is 0.773. The van der Waals surface area contributed by atoms with E-state index < -0.39 is 0 Å². The lowest BCUT2D eigenvalue weighted by Gasteiger charge is -2.01. The van der Waals surface area contributed by atoms with Crippen molar-refractivity contribution in [2.75, 3.05) is 0 Å². The summed E-state index contributed by atoms with van der Waals surface area (Å²) in [5.41, 5.74) is 7.49. The fraction of sp³-hybridized carbons (Fsp3) is 0. The van der Waals surface area contributed by atoms with Crippen LogP contribution in [0.4, 0.5) is 0 Å². The first-order valence-electron chi connectivity index (χ1n) is 7.67. The average Bonchev–Trinajstić information content (AvgIpc) is 2.91. The van der Waals surface area contributed by atoms with E-state index in [1.807, 2.05) is 24.3 Å². The molecule has 0 unspecified atom stereocenters. The molecule has 0 amide bonds. The Labute approximate surface area is 141 Å². The third kappa shape index (κ3) is 2.52. The van der Waals surface area contributed by atoms with Crippen molar-refractivity contribution in [3.8, 4) is 11.1 Å². The summed E-state index contributed by atoms with van der Waals surface area (Å²) in [6.07, 6.45) is 6.31. The zero-order valence-electron chi connectivity index (χ0n) is 12.5. The highest BCUT2D eigenvalue weighted by atomic mass is 35.5. The van der Waals surface area contributed by atoms with Crippen LogP contribution in [0, 0.1) is 0 Å². The summed E-state index contributed by atoms with van der Waals surface area (Å²) in [4.78, 5) is 0. The van der Waals surface area contributed by atoms with Crippen LogP contribution in [0.15, 0.2) is 84.9 Å². The number of allylic oxidation sites excluding steroid dienone is 2. The number of fused-ring (bicyclic) bond motifs is 3. The standard InChI is InChI=1S/C22H15Cl/c23-22-15-6-1-8-16(22)9-7-14-21-19-12-4-2-10-17(19)18-11-3-5-13-20(18)21/h1-15H. The van der Waals surface area contributed by atoms with E-state index >= 15 is 0 Å². The van der Waals surface area contributed by atoms with Crippen molar-refractivity contribution in [3.63, 3.8) is 0 Å². The molecule has 23 heavy (non-hydrogen) atoms. The summed E-state index contributed by atoms with van der Waals surface area (Å²) >= 11 is 6.21. The molecular formula is C22H15Cl. The van der Waals surface area contributed by atoms with Gasteiger partial charge in [-0.2, -0.15) is 0 Å². The lowest BCUT2D eigenvalue weighted by atomic mass is 10.0. The van der Waals surface area contributed by atoms with Gasteiger partial charge in [-0.05, 0) is 39.5 Å². The second kappa shape index (κ2) is 5.91. The van der Waals surface area contributed by atoms with Crippen LogP contribution in [0.3, 0.4) is 0 Å². The molecule has 110 valence electrons. The molecule has 0 spiro atoms. The van der Waals surface area contributed by atoms with Gasteiger partial charge < -0.3 is 0 Å². The van der Waals surface area contributed by atoms with Crippen LogP contribution in [-0.2, 0) is 0 Å². The number of halogens is 1. The van der Waals surface area contributed by atoms with Crippen molar-refractivity contribution in [2.45, 2.75) is 0 Å². The van der Waals surface area contributed by atoms with Gasteiger partial charge in [0.15, 0.2) is 0 Å². The molecule has 0 N–H and O–H groups in total. The van der Waals surface area contributed by atoms with Crippen molar-refractivity contribution >= 4 is 23.3 Å². The topological polar surface area (TPSA) is 0 Å². The summed E-state index contributed by atoms with van der Waals surface area (Å²) in [6, 6.07) is 25.0. The fourth-order valence-corrected chi connectivity index (χ4v) is 3.29. The Bertz CT molecular complexity index is 884. The van der Waals surface area contributed by atoms with Crippen molar-refractivity contribution in [3.05, 3.63) is 107 Å². The normalized spacial score (nSPS) is 12.3. The fourth-order valence-electron chi connectivity index (χ4n) is 3.09. The minimum atomic E-state index is 0.773. The Morgan fingerprint density at radius 1 is 0.609 bits per heavy atom. The van der Waals surface area contributed by atoms with Crippen LogP contribution >= 0.6 is 11.6 Å². The minimum Gasteiger partial charge on any atom is -0.0837 e. The van der Waals surface area contributed by atoms with E-state index in [9.17, 15) is 0 Å². The van der Waals surface area contributed by atoms with E-state index in [1.165, 1.54) is 27.8 Å². The molecule has 0 saturated carbocycles. The molecule has 0 aliphatic heterocycles. The number of hydrogen-bond acceptors (Lipinski definition) is 0. The third-order valence-electron chi connectivity index (χ3n) is 4.17. The van der Waals surface area contributed by atoms with Crippen molar-refractivity contribution in [1.29, 1.82) is 0 Å². The van der Waals surface area contributed by atoms with Gasteiger partial charge in [0, 0.05) is 5.02 Å². The Morgan fingerprint density at radius 2 is 1.13 bits per heavy atom. The van der Waals surface area contributed by atoms with E-state index in [2.05, 4.69) is 66.8 Å². The zero-order valence-corrected chi connectivity index (χ0v) is 13.3. The first kappa shape index (κ1) is 14.0. The van der Waals surface area contributed by atoms with E-state index in [4.69, 9.17) is 11.6 Å². The predicted molar refractivity (Wildman–Crippen MR) is 99.4 cm³/mol. The summed E-state index contributed by atoms with van der Waals surface area (Å²) in [6.45, 7) is 0. The smallest absolute Gasteiger partial charge is 0.0478 e. The maximum absolute atomic E-state index is 6.21. The minimum absolute atomic E-state index is 0.773. The number of rotatable bonds is 2.